The molecule has 1 aliphatic heterocycles. The average molecular weight is 308 g/mol. The van der Waals surface area contributed by atoms with Crippen LogP contribution >= 0.6 is 0 Å². The summed E-state index contributed by atoms with van der Waals surface area (Å²) < 4.78 is 13.5. The fourth-order valence-electron chi connectivity index (χ4n) is 3.41. The highest BCUT2D eigenvalue weighted by Crippen LogP contribution is 2.31. The molecule has 0 bridgehead atoms. The SMILES string of the molecule is CC1c2cc(F)ccc2CCN1C(=O)c1cc2ccccc2[nH]1. The monoisotopic (exact) mass is 308 g/mol. The van der Waals surface area contributed by atoms with Crippen LogP contribution in [-0.4, -0.2) is 22.3 Å². The third-order valence-corrected chi connectivity index (χ3v) is 4.67. The van der Waals surface area contributed by atoms with Gasteiger partial charge in [-0.3, -0.25) is 4.79 Å². The maximum absolute atomic E-state index is 13.5. The molecule has 1 unspecified atom stereocenters. The Morgan fingerprint density at radius 1 is 1.22 bits per heavy atom. The van der Waals surface area contributed by atoms with Crippen molar-refractivity contribution in [2.45, 2.75) is 19.4 Å². The molecule has 3 nitrogen and oxygen atoms in total. The Hall–Kier alpha value is -2.62. The minimum Gasteiger partial charge on any atom is -0.351 e. The van der Waals surface area contributed by atoms with Crippen LogP contribution in [0.2, 0.25) is 0 Å². The molecular formula is C19H17FN2O. The quantitative estimate of drug-likeness (QED) is 0.723. The molecule has 0 saturated heterocycles. The van der Waals surface area contributed by atoms with Crippen LogP contribution in [0, 0.1) is 5.82 Å². The third kappa shape index (κ3) is 2.31. The number of hydrogen-bond donors (Lipinski definition) is 1. The summed E-state index contributed by atoms with van der Waals surface area (Å²) in [6.07, 6.45) is 0.756. The van der Waals surface area contributed by atoms with Crippen molar-refractivity contribution in [1.82, 2.24) is 9.88 Å². The number of aromatic amines is 1. The second kappa shape index (κ2) is 5.23. The Morgan fingerprint density at radius 3 is 2.87 bits per heavy atom. The van der Waals surface area contributed by atoms with Crippen molar-refractivity contribution >= 4 is 16.8 Å². The van der Waals surface area contributed by atoms with Crippen molar-refractivity contribution in [3.05, 3.63) is 71.2 Å². The second-order valence-electron chi connectivity index (χ2n) is 6.04. The Morgan fingerprint density at radius 2 is 2.04 bits per heavy atom. The number of benzene rings is 2. The number of fused-ring (bicyclic) bond motifs is 2. The zero-order chi connectivity index (χ0) is 16.0. The van der Waals surface area contributed by atoms with E-state index >= 15 is 0 Å². The number of carbonyl (C=O) groups excluding carboxylic acids is 1. The molecular weight excluding hydrogens is 291 g/mol. The van der Waals surface area contributed by atoms with Gasteiger partial charge in [-0.15, -0.1) is 0 Å². The molecule has 0 aliphatic carbocycles. The molecule has 0 fully saturated rings. The van der Waals surface area contributed by atoms with Crippen molar-refractivity contribution in [3.8, 4) is 0 Å². The molecule has 2 heterocycles. The number of halogens is 1. The van der Waals surface area contributed by atoms with Gasteiger partial charge in [-0.05, 0) is 48.7 Å². The Bertz CT molecular complexity index is 866. The summed E-state index contributed by atoms with van der Waals surface area (Å²) in [5.74, 6) is -0.292. The number of H-pyrrole nitrogens is 1. The molecule has 116 valence electrons. The van der Waals surface area contributed by atoms with Crippen molar-refractivity contribution in [2.75, 3.05) is 6.54 Å². The molecule has 3 aromatic rings. The standard InChI is InChI=1S/C19H17FN2O/c1-12-16-11-15(20)7-6-13(16)8-9-22(12)19(23)18-10-14-4-2-3-5-17(14)21-18/h2-7,10-12,21H,8-9H2,1H3. The van der Waals surface area contributed by atoms with E-state index in [0.717, 1.165) is 28.5 Å². The van der Waals surface area contributed by atoms with Crippen LogP contribution in [0.15, 0.2) is 48.5 Å². The first-order valence-corrected chi connectivity index (χ1v) is 7.80. The smallest absolute Gasteiger partial charge is 0.270 e. The van der Waals surface area contributed by atoms with Crippen molar-refractivity contribution in [1.29, 1.82) is 0 Å². The van der Waals surface area contributed by atoms with Gasteiger partial charge in [-0.25, -0.2) is 4.39 Å². The molecule has 0 spiro atoms. The summed E-state index contributed by atoms with van der Waals surface area (Å²) in [6, 6.07) is 14.4. The highest BCUT2D eigenvalue weighted by Gasteiger charge is 2.29. The number of amides is 1. The predicted octanol–water partition coefficient (Wildman–Crippen LogP) is 4.07. The number of aromatic nitrogens is 1. The Labute approximate surface area is 133 Å². The van der Waals surface area contributed by atoms with Crippen LogP contribution in [0.25, 0.3) is 10.9 Å². The van der Waals surface area contributed by atoms with E-state index in [0.29, 0.717) is 12.2 Å². The minimum absolute atomic E-state index is 0.0383. The first-order chi connectivity index (χ1) is 11.1. The summed E-state index contributed by atoms with van der Waals surface area (Å²) >= 11 is 0. The topological polar surface area (TPSA) is 36.1 Å². The average Bonchev–Trinajstić information content (AvgIpc) is 2.99. The van der Waals surface area contributed by atoms with Gasteiger partial charge in [0.25, 0.3) is 5.91 Å². The van der Waals surface area contributed by atoms with Gasteiger partial charge in [0.05, 0.1) is 6.04 Å². The summed E-state index contributed by atoms with van der Waals surface area (Å²) in [7, 11) is 0. The zero-order valence-corrected chi connectivity index (χ0v) is 12.8. The molecule has 1 N–H and O–H groups in total. The van der Waals surface area contributed by atoms with E-state index in [4.69, 9.17) is 0 Å². The lowest BCUT2D eigenvalue weighted by atomic mass is 9.93. The minimum atomic E-state index is -0.254. The van der Waals surface area contributed by atoms with Crippen LogP contribution in [-0.2, 0) is 6.42 Å². The summed E-state index contributed by atoms with van der Waals surface area (Å²) in [5, 5.41) is 1.02. The highest BCUT2D eigenvalue weighted by molar-refractivity contribution is 5.98. The number of nitrogens with one attached hydrogen (secondary N) is 1. The van der Waals surface area contributed by atoms with Gasteiger partial charge in [0, 0.05) is 17.4 Å². The predicted molar refractivity (Wildman–Crippen MR) is 87.9 cm³/mol. The molecule has 1 amide bonds. The molecule has 1 aliphatic rings. The molecule has 2 aromatic carbocycles. The maximum Gasteiger partial charge on any atom is 0.270 e. The van der Waals surface area contributed by atoms with Crippen LogP contribution in [0.1, 0.15) is 34.6 Å². The molecule has 1 atom stereocenters. The molecule has 23 heavy (non-hydrogen) atoms. The van der Waals surface area contributed by atoms with Gasteiger partial charge < -0.3 is 9.88 Å². The van der Waals surface area contributed by atoms with Gasteiger partial charge >= 0.3 is 0 Å². The maximum atomic E-state index is 13.5. The summed E-state index contributed by atoms with van der Waals surface area (Å²) in [6.45, 7) is 2.60. The summed E-state index contributed by atoms with van der Waals surface area (Å²) in [5.41, 5.74) is 3.56. The number of nitrogens with zero attached hydrogens (tertiary/aromatic N) is 1. The van der Waals surface area contributed by atoms with Crippen LogP contribution in [0.3, 0.4) is 0 Å². The summed E-state index contributed by atoms with van der Waals surface area (Å²) in [4.78, 5) is 17.9. The van der Waals surface area contributed by atoms with Crippen LogP contribution < -0.4 is 0 Å². The lowest BCUT2D eigenvalue weighted by Gasteiger charge is -2.35. The fourth-order valence-corrected chi connectivity index (χ4v) is 3.41. The van der Waals surface area contributed by atoms with E-state index in [2.05, 4.69) is 4.98 Å². The largest absolute Gasteiger partial charge is 0.351 e. The van der Waals surface area contributed by atoms with E-state index in [1.54, 1.807) is 6.07 Å². The number of rotatable bonds is 1. The highest BCUT2D eigenvalue weighted by atomic mass is 19.1. The van der Waals surface area contributed by atoms with Crippen LogP contribution in [0.4, 0.5) is 4.39 Å². The second-order valence-corrected chi connectivity index (χ2v) is 6.04. The van der Waals surface area contributed by atoms with Gasteiger partial charge in [0.15, 0.2) is 0 Å². The zero-order valence-electron chi connectivity index (χ0n) is 12.8. The Kier molecular flexibility index (Phi) is 3.18. The molecule has 1 aromatic heterocycles. The fraction of sp³-hybridized carbons (Fsp3) is 0.211. The van der Waals surface area contributed by atoms with E-state index in [-0.39, 0.29) is 17.8 Å². The third-order valence-electron chi connectivity index (χ3n) is 4.67. The Balaban J connectivity index is 1.69. The van der Waals surface area contributed by atoms with Crippen molar-refractivity contribution in [3.63, 3.8) is 0 Å². The number of carbonyl (C=O) groups is 1. The van der Waals surface area contributed by atoms with Gasteiger partial charge in [0.2, 0.25) is 0 Å². The molecule has 0 radical (unpaired) electrons. The number of hydrogen-bond acceptors (Lipinski definition) is 1. The lowest BCUT2D eigenvalue weighted by molar-refractivity contribution is 0.0672. The van der Waals surface area contributed by atoms with E-state index in [1.165, 1.54) is 6.07 Å². The van der Waals surface area contributed by atoms with Crippen molar-refractivity contribution < 1.29 is 9.18 Å². The van der Waals surface area contributed by atoms with Gasteiger partial charge in [0.1, 0.15) is 11.5 Å². The first-order valence-electron chi connectivity index (χ1n) is 7.80. The van der Waals surface area contributed by atoms with E-state index in [1.807, 2.05) is 48.2 Å². The van der Waals surface area contributed by atoms with E-state index in [9.17, 15) is 9.18 Å². The van der Waals surface area contributed by atoms with Crippen LogP contribution in [0.5, 0.6) is 0 Å². The van der Waals surface area contributed by atoms with Crippen molar-refractivity contribution in [2.24, 2.45) is 0 Å². The molecule has 4 rings (SSSR count). The first kappa shape index (κ1) is 14.0. The van der Waals surface area contributed by atoms with Gasteiger partial charge in [-0.1, -0.05) is 24.3 Å². The number of para-hydroxylation sites is 1. The molecule has 0 saturated carbocycles. The molecule has 4 heteroatoms. The normalized spacial score (nSPS) is 17.3. The van der Waals surface area contributed by atoms with Gasteiger partial charge in [-0.2, -0.15) is 0 Å². The van der Waals surface area contributed by atoms with E-state index < -0.39 is 0 Å². The lowest BCUT2D eigenvalue weighted by Crippen LogP contribution is -2.39.